The van der Waals surface area contributed by atoms with Crippen LogP contribution in [0.5, 0.6) is 0 Å². The smallest absolute Gasteiger partial charge is 0.315 e. The standard InChI is InChI=1S/C9H13N3OS/c13-9(12-7-2-1-3-7)10-4-8-5-14-6-11-8/h5-7H,1-4H2,(H2,10,12,13). The number of hydrogen-bond acceptors (Lipinski definition) is 3. The van der Waals surface area contributed by atoms with Crippen molar-refractivity contribution in [3.63, 3.8) is 0 Å². The molecule has 1 fully saturated rings. The van der Waals surface area contributed by atoms with Crippen molar-refractivity contribution >= 4 is 17.4 Å². The second-order valence-corrected chi connectivity index (χ2v) is 4.15. The Kier molecular flexibility index (Phi) is 2.98. The first-order valence-electron chi connectivity index (χ1n) is 4.76. The van der Waals surface area contributed by atoms with Gasteiger partial charge in [0.05, 0.1) is 17.7 Å². The minimum Gasteiger partial charge on any atom is -0.335 e. The zero-order valence-electron chi connectivity index (χ0n) is 7.82. The number of aromatic nitrogens is 1. The summed E-state index contributed by atoms with van der Waals surface area (Å²) < 4.78 is 0. The zero-order valence-corrected chi connectivity index (χ0v) is 8.64. The molecule has 1 heterocycles. The number of carbonyl (C=O) groups is 1. The third-order valence-electron chi connectivity index (χ3n) is 2.35. The molecule has 2 amide bonds. The van der Waals surface area contributed by atoms with Gasteiger partial charge in [-0.25, -0.2) is 9.78 Å². The monoisotopic (exact) mass is 211 g/mol. The topological polar surface area (TPSA) is 54.0 Å². The molecule has 0 bridgehead atoms. The van der Waals surface area contributed by atoms with Crippen molar-refractivity contribution in [2.75, 3.05) is 0 Å². The second-order valence-electron chi connectivity index (χ2n) is 3.43. The van der Waals surface area contributed by atoms with E-state index in [0.717, 1.165) is 18.5 Å². The maximum absolute atomic E-state index is 11.3. The van der Waals surface area contributed by atoms with E-state index in [1.807, 2.05) is 5.38 Å². The van der Waals surface area contributed by atoms with Gasteiger partial charge in [0.25, 0.3) is 0 Å². The molecule has 76 valence electrons. The summed E-state index contributed by atoms with van der Waals surface area (Å²) in [5.74, 6) is 0. The molecule has 1 aliphatic carbocycles. The number of rotatable bonds is 3. The second kappa shape index (κ2) is 4.41. The first-order valence-corrected chi connectivity index (χ1v) is 5.70. The number of thiazole rings is 1. The van der Waals surface area contributed by atoms with E-state index in [0.29, 0.717) is 12.6 Å². The fourth-order valence-electron chi connectivity index (χ4n) is 1.28. The van der Waals surface area contributed by atoms with E-state index in [4.69, 9.17) is 0 Å². The molecule has 0 aliphatic heterocycles. The molecular weight excluding hydrogens is 198 g/mol. The summed E-state index contributed by atoms with van der Waals surface area (Å²) in [6.07, 6.45) is 3.46. The van der Waals surface area contributed by atoms with Crippen LogP contribution in [0.4, 0.5) is 4.79 Å². The predicted molar refractivity (Wildman–Crippen MR) is 55.1 cm³/mol. The van der Waals surface area contributed by atoms with Crippen LogP contribution in [0.1, 0.15) is 25.0 Å². The van der Waals surface area contributed by atoms with E-state index in [1.165, 1.54) is 17.8 Å². The molecule has 0 saturated heterocycles. The molecule has 5 heteroatoms. The van der Waals surface area contributed by atoms with E-state index in [-0.39, 0.29) is 6.03 Å². The van der Waals surface area contributed by atoms with Crippen LogP contribution in [0.2, 0.25) is 0 Å². The molecule has 0 radical (unpaired) electrons. The van der Waals surface area contributed by atoms with Gasteiger partial charge >= 0.3 is 6.03 Å². The van der Waals surface area contributed by atoms with Crippen molar-refractivity contribution in [2.24, 2.45) is 0 Å². The van der Waals surface area contributed by atoms with Gasteiger partial charge in [-0.3, -0.25) is 0 Å². The van der Waals surface area contributed by atoms with E-state index >= 15 is 0 Å². The molecule has 4 nitrogen and oxygen atoms in total. The summed E-state index contributed by atoms with van der Waals surface area (Å²) in [4.78, 5) is 15.4. The van der Waals surface area contributed by atoms with Gasteiger partial charge in [-0.05, 0) is 19.3 Å². The molecule has 0 atom stereocenters. The highest BCUT2D eigenvalue weighted by Crippen LogP contribution is 2.17. The highest BCUT2D eigenvalue weighted by Gasteiger charge is 2.18. The number of nitrogens with zero attached hydrogens (tertiary/aromatic N) is 1. The van der Waals surface area contributed by atoms with Gasteiger partial charge in [-0.1, -0.05) is 0 Å². The molecule has 2 rings (SSSR count). The van der Waals surface area contributed by atoms with Crippen LogP contribution in [0, 0.1) is 0 Å². The number of nitrogens with one attached hydrogen (secondary N) is 2. The normalized spacial score (nSPS) is 16.0. The van der Waals surface area contributed by atoms with E-state index < -0.39 is 0 Å². The molecule has 0 unspecified atom stereocenters. The third-order valence-corrected chi connectivity index (χ3v) is 2.99. The van der Waals surface area contributed by atoms with Crippen molar-refractivity contribution in [2.45, 2.75) is 31.8 Å². The van der Waals surface area contributed by atoms with Crippen LogP contribution in [0.15, 0.2) is 10.9 Å². The van der Waals surface area contributed by atoms with Gasteiger partial charge in [-0.2, -0.15) is 0 Å². The summed E-state index contributed by atoms with van der Waals surface area (Å²) in [6, 6.07) is 0.313. The average molecular weight is 211 g/mol. The molecule has 1 saturated carbocycles. The van der Waals surface area contributed by atoms with E-state index in [9.17, 15) is 4.79 Å². The van der Waals surface area contributed by atoms with Gasteiger partial charge in [0, 0.05) is 11.4 Å². The van der Waals surface area contributed by atoms with Crippen LogP contribution in [0.3, 0.4) is 0 Å². The SMILES string of the molecule is O=C(NCc1cscn1)NC1CCC1. The molecule has 1 aromatic heterocycles. The average Bonchev–Trinajstić information content (AvgIpc) is 2.60. The Balaban J connectivity index is 1.67. The van der Waals surface area contributed by atoms with E-state index in [2.05, 4.69) is 15.6 Å². The van der Waals surface area contributed by atoms with Gasteiger partial charge in [0.2, 0.25) is 0 Å². The van der Waals surface area contributed by atoms with Gasteiger partial charge in [0.1, 0.15) is 0 Å². The Morgan fingerprint density at radius 3 is 3.07 bits per heavy atom. The largest absolute Gasteiger partial charge is 0.335 e. The summed E-state index contributed by atoms with van der Waals surface area (Å²) in [6.45, 7) is 0.516. The fraction of sp³-hybridized carbons (Fsp3) is 0.556. The fourth-order valence-corrected chi connectivity index (χ4v) is 1.84. The Bertz CT molecular complexity index is 295. The third kappa shape index (κ3) is 2.45. The molecule has 1 aromatic rings. The molecule has 0 aromatic carbocycles. The van der Waals surface area contributed by atoms with Crippen molar-refractivity contribution in [1.82, 2.24) is 15.6 Å². The maximum atomic E-state index is 11.3. The van der Waals surface area contributed by atoms with E-state index in [1.54, 1.807) is 5.51 Å². The minimum absolute atomic E-state index is 0.0808. The predicted octanol–water partition coefficient (Wildman–Crippen LogP) is 1.49. The number of amides is 2. The Hall–Kier alpha value is -1.10. The first kappa shape index (κ1) is 9.45. The first-order chi connectivity index (χ1) is 6.84. The summed E-state index contributed by atoms with van der Waals surface area (Å²) in [5.41, 5.74) is 2.68. The lowest BCUT2D eigenvalue weighted by Crippen LogP contribution is -2.44. The zero-order chi connectivity index (χ0) is 9.80. The summed E-state index contributed by atoms with van der Waals surface area (Å²) >= 11 is 1.54. The van der Waals surface area contributed by atoms with Gasteiger partial charge in [0.15, 0.2) is 0 Å². The van der Waals surface area contributed by atoms with Crippen LogP contribution < -0.4 is 10.6 Å². The number of urea groups is 1. The molecular formula is C9H13N3OS. The highest BCUT2D eigenvalue weighted by atomic mass is 32.1. The van der Waals surface area contributed by atoms with Crippen molar-refractivity contribution in [1.29, 1.82) is 0 Å². The Labute approximate surface area is 86.7 Å². The summed E-state index contributed by atoms with van der Waals surface area (Å²) in [7, 11) is 0. The van der Waals surface area contributed by atoms with Crippen molar-refractivity contribution in [3.8, 4) is 0 Å². The lowest BCUT2D eigenvalue weighted by Gasteiger charge is -2.26. The highest BCUT2D eigenvalue weighted by molar-refractivity contribution is 7.07. The van der Waals surface area contributed by atoms with Gasteiger partial charge < -0.3 is 10.6 Å². The van der Waals surface area contributed by atoms with Crippen molar-refractivity contribution in [3.05, 3.63) is 16.6 Å². The van der Waals surface area contributed by atoms with Crippen LogP contribution in [-0.2, 0) is 6.54 Å². The number of carbonyl (C=O) groups excluding carboxylic acids is 1. The number of hydrogen-bond donors (Lipinski definition) is 2. The molecule has 1 aliphatic rings. The Morgan fingerprint density at radius 2 is 2.50 bits per heavy atom. The lowest BCUT2D eigenvalue weighted by molar-refractivity contribution is 0.228. The maximum Gasteiger partial charge on any atom is 0.315 e. The minimum atomic E-state index is -0.0808. The quantitative estimate of drug-likeness (QED) is 0.796. The van der Waals surface area contributed by atoms with Crippen molar-refractivity contribution < 1.29 is 4.79 Å². The van der Waals surface area contributed by atoms with Crippen LogP contribution in [-0.4, -0.2) is 17.1 Å². The lowest BCUT2D eigenvalue weighted by atomic mass is 9.93. The van der Waals surface area contributed by atoms with Crippen LogP contribution in [0.25, 0.3) is 0 Å². The van der Waals surface area contributed by atoms with Gasteiger partial charge in [-0.15, -0.1) is 11.3 Å². The Morgan fingerprint density at radius 1 is 1.64 bits per heavy atom. The van der Waals surface area contributed by atoms with Crippen LogP contribution >= 0.6 is 11.3 Å². The summed E-state index contributed by atoms with van der Waals surface area (Å²) in [5, 5.41) is 7.62. The molecule has 14 heavy (non-hydrogen) atoms. The molecule has 2 N–H and O–H groups in total. The molecule has 0 spiro atoms.